The second-order valence-electron chi connectivity index (χ2n) is 7.48. The van der Waals surface area contributed by atoms with Gasteiger partial charge in [-0.15, -0.1) is 10.2 Å². The van der Waals surface area contributed by atoms with Gasteiger partial charge < -0.3 is 9.73 Å². The normalized spacial score (nSPS) is 11.9. The second-order valence-corrected chi connectivity index (χ2v) is 8.42. The Labute approximate surface area is 192 Å². The molecule has 6 nitrogen and oxygen atoms in total. The molecule has 0 saturated heterocycles. The van der Waals surface area contributed by atoms with Crippen LogP contribution in [0, 0.1) is 6.92 Å². The van der Waals surface area contributed by atoms with Gasteiger partial charge in [0.25, 0.3) is 0 Å². The van der Waals surface area contributed by atoms with Gasteiger partial charge in [0, 0.05) is 18.2 Å². The largest absolute Gasteiger partial charge is 0.469 e. The first-order valence-electron chi connectivity index (χ1n) is 10.7. The molecule has 0 aliphatic carbocycles. The Kier molecular flexibility index (Phi) is 7.07. The zero-order chi connectivity index (χ0) is 22.3. The standard InChI is InChI=1S/C25H26N4O2S/c1-3-19(20-10-6-4-7-11-20)16-26-23(30)17-32-25-28-27-24(22-14-15-31-18(22)2)29(25)21-12-8-5-9-13-21/h4-15,19H,3,16-17H2,1-2H3,(H,26,30)/t19-/m0/s1. The highest BCUT2D eigenvalue weighted by Gasteiger charge is 2.20. The summed E-state index contributed by atoms with van der Waals surface area (Å²) in [6.07, 6.45) is 2.61. The first-order valence-corrected chi connectivity index (χ1v) is 11.7. The summed E-state index contributed by atoms with van der Waals surface area (Å²) in [5.74, 6) is 2.01. The van der Waals surface area contributed by atoms with Crippen LogP contribution in [0.5, 0.6) is 0 Å². The minimum atomic E-state index is -0.0203. The van der Waals surface area contributed by atoms with E-state index in [1.54, 1.807) is 6.26 Å². The number of para-hydroxylation sites is 1. The summed E-state index contributed by atoms with van der Waals surface area (Å²) in [6.45, 7) is 4.65. The van der Waals surface area contributed by atoms with Crippen LogP contribution in [0.25, 0.3) is 17.1 Å². The molecule has 0 saturated carbocycles. The van der Waals surface area contributed by atoms with Crippen LogP contribution < -0.4 is 5.32 Å². The average Bonchev–Trinajstić information content (AvgIpc) is 3.45. The van der Waals surface area contributed by atoms with Crippen molar-refractivity contribution in [3.8, 4) is 17.1 Å². The van der Waals surface area contributed by atoms with Crippen LogP contribution in [0.4, 0.5) is 0 Å². The molecule has 0 spiro atoms. The number of thioether (sulfide) groups is 1. The number of hydrogen-bond acceptors (Lipinski definition) is 5. The molecule has 0 fully saturated rings. The third kappa shape index (κ3) is 4.94. The molecule has 2 heterocycles. The maximum atomic E-state index is 12.6. The molecule has 7 heteroatoms. The van der Waals surface area contributed by atoms with Gasteiger partial charge in [0.05, 0.1) is 17.6 Å². The fourth-order valence-electron chi connectivity index (χ4n) is 3.61. The maximum Gasteiger partial charge on any atom is 0.230 e. The number of rotatable bonds is 9. The molecule has 0 radical (unpaired) electrons. The Balaban J connectivity index is 1.47. The van der Waals surface area contributed by atoms with Crippen molar-refractivity contribution < 1.29 is 9.21 Å². The van der Waals surface area contributed by atoms with Gasteiger partial charge in [-0.25, -0.2) is 0 Å². The SMILES string of the molecule is CC[C@@H](CNC(=O)CSc1nnc(-c2ccoc2C)n1-c1ccccc1)c1ccccc1. The summed E-state index contributed by atoms with van der Waals surface area (Å²) in [7, 11) is 0. The molecule has 0 unspecified atom stereocenters. The number of hydrogen-bond donors (Lipinski definition) is 1. The lowest BCUT2D eigenvalue weighted by atomic mass is 9.96. The number of nitrogens with one attached hydrogen (secondary N) is 1. The number of carbonyl (C=O) groups excluding carboxylic acids is 1. The zero-order valence-corrected chi connectivity index (χ0v) is 19.0. The first kappa shape index (κ1) is 21.9. The molecule has 4 rings (SSSR count). The highest BCUT2D eigenvalue weighted by atomic mass is 32.2. The van der Waals surface area contributed by atoms with Crippen LogP contribution in [0.2, 0.25) is 0 Å². The van der Waals surface area contributed by atoms with Crippen molar-refractivity contribution in [2.24, 2.45) is 0 Å². The van der Waals surface area contributed by atoms with Crippen molar-refractivity contribution >= 4 is 17.7 Å². The molecule has 32 heavy (non-hydrogen) atoms. The summed E-state index contributed by atoms with van der Waals surface area (Å²) < 4.78 is 7.43. The Hall–Kier alpha value is -3.32. The number of aryl methyl sites for hydroxylation is 1. The number of aromatic nitrogens is 3. The minimum absolute atomic E-state index is 0.0203. The summed E-state index contributed by atoms with van der Waals surface area (Å²) in [4.78, 5) is 12.6. The number of benzene rings is 2. The molecule has 2 aromatic heterocycles. The van der Waals surface area contributed by atoms with E-state index in [9.17, 15) is 4.79 Å². The first-order chi connectivity index (χ1) is 15.7. The van der Waals surface area contributed by atoms with E-state index in [2.05, 4.69) is 34.6 Å². The van der Waals surface area contributed by atoms with Crippen LogP contribution in [0.3, 0.4) is 0 Å². The smallest absolute Gasteiger partial charge is 0.230 e. The molecule has 1 atom stereocenters. The van der Waals surface area contributed by atoms with Gasteiger partial charge in [0.2, 0.25) is 5.91 Å². The van der Waals surface area contributed by atoms with Gasteiger partial charge in [-0.3, -0.25) is 9.36 Å². The van der Waals surface area contributed by atoms with Crippen LogP contribution in [0.15, 0.2) is 82.6 Å². The third-order valence-electron chi connectivity index (χ3n) is 5.39. The zero-order valence-electron chi connectivity index (χ0n) is 18.2. The van der Waals surface area contributed by atoms with Gasteiger partial charge in [0.15, 0.2) is 11.0 Å². The average molecular weight is 447 g/mol. The minimum Gasteiger partial charge on any atom is -0.469 e. The van der Waals surface area contributed by atoms with E-state index >= 15 is 0 Å². The highest BCUT2D eigenvalue weighted by molar-refractivity contribution is 7.99. The molecule has 1 N–H and O–H groups in total. The molecule has 0 aliphatic heterocycles. The fourth-order valence-corrected chi connectivity index (χ4v) is 4.39. The van der Waals surface area contributed by atoms with Gasteiger partial charge >= 0.3 is 0 Å². The third-order valence-corrected chi connectivity index (χ3v) is 6.32. The van der Waals surface area contributed by atoms with Crippen molar-refractivity contribution in [3.63, 3.8) is 0 Å². The summed E-state index contributed by atoms with van der Waals surface area (Å²) >= 11 is 1.38. The quantitative estimate of drug-likeness (QED) is 0.356. The lowest BCUT2D eigenvalue weighted by Crippen LogP contribution is -2.29. The Morgan fingerprint density at radius 3 is 2.44 bits per heavy atom. The summed E-state index contributed by atoms with van der Waals surface area (Å²) in [6, 6.07) is 22.1. The molecule has 2 aromatic carbocycles. The van der Waals surface area contributed by atoms with Gasteiger partial charge in [-0.05, 0) is 37.1 Å². The van der Waals surface area contributed by atoms with Gasteiger partial charge in [-0.2, -0.15) is 0 Å². The topological polar surface area (TPSA) is 73.0 Å². The van der Waals surface area contributed by atoms with E-state index < -0.39 is 0 Å². The highest BCUT2D eigenvalue weighted by Crippen LogP contribution is 2.30. The van der Waals surface area contributed by atoms with Crippen LogP contribution in [0.1, 0.15) is 30.6 Å². The van der Waals surface area contributed by atoms with Crippen LogP contribution in [-0.4, -0.2) is 33.0 Å². The van der Waals surface area contributed by atoms with Gasteiger partial charge in [0.1, 0.15) is 5.76 Å². The van der Waals surface area contributed by atoms with Crippen molar-refractivity contribution in [1.82, 2.24) is 20.1 Å². The number of carbonyl (C=O) groups is 1. The van der Waals surface area contributed by atoms with Crippen molar-refractivity contribution in [2.45, 2.75) is 31.3 Å². The molecule has 1 amide bonds. The lowest BCUT2D eigenvalue weighted by molar-refractivity contribution is -0.118. The van der Waals surface area contributed by atoms with Crippen molar-refractivity contribution in [3.05, 3.63) is 84.3 Å². The van der Waals surface area contributed by atoms with E-state index in [1.807, 2.05) is 66.1 Å². The molecule has 0 aliphatic rings. The predicted octanol–water partition coefficient (Wildman–Crippen LogP) is 5.24. The van der Waals surface area contributed by atoms with E-state index in [-0.39, 0.29) is 11.7 Å². The summed E-state index contributed by atoms with van der Waals surface area (Å²) in [5.41, 5.74) is 3.06. The predicted molar refractivity (Wildman–Crippen MR) is 127 cm³/mol. The number of amides is 1. The van der Waals surface area contributed by atoms with E-state index in [0.717, 1.165) is 23.4 Å². The van der Waals surface area contributed by atoms with Crippen LogP contribution in [-0.2, 0) is 4.79 Å². The van der Waals surface area contributed by atoms with E-state index in [1.165, 1.54) is 17.3 Å². The molecule has 4 aromatic rings. The number of nitrogens with zero attached hydrogens (tertiary/aromatic N) is 3. The lowest BCUT2D eigenvalue weighted by Gasteiger charge is -2.16. The molecule has 0 bridgehead atoms. The van der Waals surface area contributed by atoms with Crippen molar-refractivity contribution in [2.75, 3.05) is 12.3 Å². The van der Waals surface area contributed by atoms with E-state index in [0.29, 0.717) is 23.4 Å². The monoisotopic (exact) mass is 446 g/mol. The van der Waals surface area contributed by atoms with Crippen LogP contribution >= 0.6 is 11.8 Å². The number of furan rings is 1. The molecular formula is C25H26N4O2S. The molecule has 164 valence electrons. The second kappa shape index (κ2) is 10.3. The fraction of sp³-hybridized carbons (Fsp3) is 0.240. The Bertz CT molecular complexity index is 1160. The van der Waals surface area contributed by atoms with E-state index in [4.69, 9.17) is 4.42 Å². The maximum absolute atomic E-state index is 12.6. The van der Waals surface area contributed by atoms with Crippen molar-refractivity contribution in [1.29, 1.82) is 0 Å². The van der Waals surface area contributed by atoms with Gasteiger partial charge in [-0.1, -0.05) is 67.2 Å². The summed E-state index contributed by atoms with van der Waals surface area (Å²) in [5, 5.41) is 12.5. The Morgan fingerprint density at radius 2 is 1.78 bits per heavy atom. The Morgan fingerprint density at radius 1 is 1.06 bits per heavy atom. The molecular weight excluding hydrogens is 420 g/mol.